The molecular weight excluding hydrogens is 404 g/mol. The van der Waals surface area contributed by atoms with Gasteiger partial charge in [-0.3, -0.25) is 19.5 Å². The molecular formula is C24H24N6O2. The Kier molecular flexibility index (Phi) is 6.21. The maximum atomic E-state index is 13.2. The molecule has 4 aromatic rings. The number of rotatable bonds is 3. The third-order valence-corrected chi connectivity index (χ3v) is 5.04. The summed E-state index contributed by atoms with van der Waals surface area (Å²) in [5.41, 5.74) is 1.98. The Morgan fingerprint density at radius 2 is 1.81 bits per heavy atom. The van der Waals surface area contributed by atoms with Gasteiger partial charge in [0.05, 0.1) is 11.3 Å². The molecule has 0 unspecified atom stereocenters. The molecule has 4 heterocycles. The van der Waals surface area contributed by atoms with E-state index in [1.807, 2.05) is 50.2 Å². The van der Waals surface area contributed by atoms with Crippen LogP contribution in [-0.4, -0.2) is 37.2 Å². The van der Waals surface area contributed by atoms with Crippen LogP contribution in [0.5, 0.6) is 0 Å². The molecule has 0 bridgehead atoms. The molecule has 1 aliphatic rings. The van der Waals surface area contributed by atoms with Crippen molar-refractivity contribution in [3.63, 3.8) is 0 Å². The number of benzene rings is 1. The standard InChI is InChI=1S/C22H18N6O2.C2H6/c29-21-16-9-6-13-27(20(16)24-19(25-21)17-10-4-5-12-23-17)22(30)18-11-14-28(26-18)15-7-2-1-3-8-15;1-2/h1-5,7-8,10-12,14H,6,9,13H2,(H,24,25,29);1-2H3. The number of hydrogen-bond donors (Lipinski definition) is 1. The summed E-state index contributed by atoms with van der Waals surface area (Å²) in [6.07, 6.45) is 4.64. The largest absolute Gasteiger partial charge is 0.305 e. The highest BCUT2D eigenvalue weighted by Crippen LogP contribution is 2.25. The first-order valence-electron chi connectivity index (χ1n) is 10.7. The van der Waals surface area contributed by atoms with E-state index in [1.165, 1.54) is 4.90 Å². The SMILES string of the molecule is CC.O=C(c1ccn(-c2ccccc2)n1)N1CCCc2c1nc(-c1ccccn1)[nH]c2=O. The average Bonchev–Trinajstić information content (AvgIpc) is 3.36. The highest BCUT2D eigenvalue weighted by molar-refractivity contribution is 6.04. The molecule has 1 aromatic carbocycles. The van der Waals surface area contributed by atoms with Crippen LogP contribution < -0.4 is 10.5 Å². The lowest BCUT2D eigenvalue weighted by atomic mass is 10.1. The zero-order chi connectivity index (χ0) is 22.5. The van der Waals surface area contributed by atoms with E-state index < -0.39 is 0 Å². The van der Waals surface area contributed by atoms with Crippen molar-refractivity contribution in [1.82, 2.24) is 24.7 Å². The number of carbonyl (C=O) groups is 1. The number of anilines is 1. The Labute approximate surface area is 185 Å². The molecule has 1 amide bonds. The molecule has 0 spiro atoms. The van der Waals surface area contributed by atoms with Crippen molar-refractivity contribution in [2.75, 3.05) is 11.4 Å². The molecule has 1 N–H and O–H groups in total. The molecule has 0 fully saturated rings. The van der Waals surface area contributed by atoms with E-state index in [9.17, 15) is 9.59 Å². The summed E-state index contributed by atoms with van der Waals surface area (Å²) >= 11 is 0. The van der Waals surface area contributed by atoms with Crippen LogP contribution in [0.3, 0.4) is 0 Å². The van der Waals surface area contributed by atoms with Crippen molar-refractivity contribution in [3.05, 3.63) is 88.6 Å². The fraction of sp³-hybridized carbons (Fsp3) is 0.208. The van der Waals surface area contributed by atoms with Gasteiger partial charge in [0, 0.05) is 18.9 Å². The topological polar surface area (TPSA) is 96.8 Å². The van der Waals surface area contributed by atoms with E-state index in [4.69, 9.17) is 0 Å². The van der Waals surface area contributed by atoms with Crippen LogP contribution >= 0.6 is 0 Å². The number of hydrogen-bond acceptors (Lipinski definition) is 5. The summed E-state index contributed by atoms with van der Waals surface area (Å²) in [4.78, 5) is 39.1. The smallest absolute Gasteiger partial charge is 0.279 e. The van der Waals surface area contributed by atoms with Crippen LogP contribution in [0.4, 0.5) is 5.82 Å². The monoisotopic (exact) mass is 428 g/mol. The number of aromatic nitrogens is 5. The van der Waals surface area contributed by atoms with Crippen molar-refractivity contribution >= 4 is 11.7 Å². The van der Waals surface area contributed by atoms with Crippen LogP contribution in [0, 0.1) is 0 Å². The Hall–Kier alpha value is -4.07. The van der Waals surface area contributed by atoms with Crippen LogP contribution in [0.15, 0.2) is 71.8 Å². The van der Waals surface area contributed by atoms with Gasteiger partial charge >= 0.3 is 0 Å². The van der Waals surface area contributed by atoms with E-state index in [-0.39, 0.29) is 11.5 Å². The Morgan fingerprint density at radius 3 is 2.56 bits per heavy atom. The Bertz CT molecular complexity index is 1260. The number of aromatic amines is 1. The van der Waals surface area contributed by atoms with Crippen LogP contribution in [0.2, 0.25) is 0 Å². The predicted octanol–water partition coefficient (Wildman–Crippen LogP) is 3.64. The minimum absolute atomic E-state index is 0.243. The van der Waals surface area contributed by atoms with E-state index in [1.54, 1.807) is 35.3 Å². The molecule has 1 aliphatic heterocycles. The van der Waals surface area contributed by atoms with Gasteiger partial charge < -0.3 is 4.98 Å². The third-order valence-electron chi connectivity index (χ3n) is 5.04. The summed E-state index contributed by atoms with van der Waals surface area (Å²) < 4.78 is 1.66. The van der Waals surface area contributed by atoms with E-state index in [0.29, 0.717) is 48.0 Å². The highest BCUT2D eigenvalue weighted by Gasteiger charge is 2.29. The second kappa shape index (κ2) is 9.38. The lowest BCUT2D eigenvalue weighted by Gasteiger charge is -2.27. The van der Waals surface area contributed by atoms with Gasteiger partial charge in [0.15, 0.2) is 11.5 Å². The van der Waals surface area contributed by atoms with Crippen molar-refractivity contribution in [2.24, 2.45) is 0 Å². The minimum Gasteiger partial charge on any atom is -0.305 e. The van der Waals surface area contributed by atoms with E-state index >= 15 is 0 Å². The molecule has 0 aliphatic carbocycles. The van der Waals surface area contributed by atoms with Gasteiger partial charge in [0.25, 0.3) is 11.5 Å². The molecule has 8 heteroatoms. The van der Waals surface area contributed by atoms with Gasteiger partial charge in [-0.15, -0.1) is 0 Å². The molecule has 8 nitrogen and oxygen atoms in total. The quantitative estimate of drug-likeness (QED) is 0.537. The zero-order valence-electron chi connectivity index (χ0n) is 18.0. The number of carbonyl (C=O) groups excluding carboxylic acids is 1. The number of amides is 1. The number of nitrogens with one attached hydrogen (secondary N) is 1. The molecule has 0 radical (unpaired) electrons. The number of pyridine rings is 1. The molecule has 0 atom stereocenters. The maximum Gasteiger partial charge on any atom is 0.279 e. The van der Waals surface area contributed by atoms with Gasteiger partial charge in [-0.1, -0.05) is 38.1 Å². The summed E-state index contributed by atoms with van der Waals surface area (Å²) in [5.74, 6) is 0.439. The zero-order valence-corrected chi connectivity index (χ0v) is 18.0. The third kappa shape index (κ3) is 4.07. The number of H-pyrrole nitrogens is 1. The molecule has 162 valence electrons. The van der Waals surface area contributed by atoms with Crippen molar-refractivity contribution in [3.8, 4) is 17.2 Å². The second-order valence-corrected chi connectivity index (χ2v) is 6.97. The normalized spacial score (nSPS) is 12.5. The van der Waals surface area contributed by atoms with E-state index in [2.05, 4.69) is 20.1 Å². The van der Waals surface area contributed by atoms with Gasteiger partial charge in [0.1, 0.15) is 11.5 Å². The van der Waals surface area contributed by atoms with Crippen molar-refractivity contribution < 1.29 is 4.79 Å². The summed E-state index contributed by atoms with van der Waals surface area (Å²) in [7, 11) is 0. The molecule has 3 aromatic heterocycles. The maximum absolute atomic E-state index is 13.2. The Morgan fingerprint density at radius 1 is 1.03 bits per heavy atom. The summed E-state index contributed by atoms with van der Waals surface area (Å²) in [5, 5.41) is 4.43. The van der Waals surface area contributed by atoms with Crippen molar-refractivity contribution in [2.45, 2.75) is 26.7 Å². The molecule has 0 saturated heterocycles. The second-order valence-electron chi connectivity index (χ2n) is 6.97. The summed E-state index contributed by atoms with van der Waals surface area (Å²) in [6.45, 7) is 4.47. The molecule has 0 saturated carbocycles. The van der Waals surface area contributed by atoms with Gasteiger partial charge in [-0.25, -0.2) is 9.67 Å². The van der Waals surface area contributed by atoms with Crippen LogP contribution in [-0.2, 0) is 6.42 Å². The molecule has 32 heavy (non-hydrogen) atoms. The van der Waals surface area contributed by atoms with Crippen LogP contribution in [0.25, 0.3) is 17.2 Å². The van der Waals surface area contributed by atoms with E-state index in [0.717, 1.165) is 5.69 Å². The fourth-order valence-corrected chi connectivity index (χ4v) is 3.58. The van der Waals surface area contributed by atoms with Crippen LogP contribution in [0.1, 0.15) is 36.3 Å². The summed E-state index contributed by atoms with van der Waals surface area (Å²) in [6, 6.07) is 16.6. The fourth-order valence-electron chi connectivity index (χ4n) is 3.58. The minimum atomic E-state index is -0.282. The highest BCUT2D eigenvalue weighted by atomic mass is 16.2. The number of nitrogens with zero attached hydrogens (tertiary/aromatic N) is 5. The average molecular weight is 428 g/mol. The number of fused-ring (bicyclic) bond motifs is 1. The molecule has 5 rings (SSSR count). The first-order valence-corrected chi connectivity index (χ1v) is 10.7. The Balaban J connectivity index is 0.00000119. The lowest BCUT2D eigenvalue weighted by molar-refractivity contribution is 0.0979. The van der Waals surface area contributed by atoms with Gasteiger partial charge in [-0.2, -0.15) is 5.10 Å². The lowest BCUT2D eigenvalue weighted by Crippen LogP contribution is -2.39. The first kappa shape index (κ1) is 21.2. The predicted molar refractivity (Wildman–Crippen MR) is 123 cm³/mol. The van der Waals surface area contributed by atoms with Crippen molar-refractivity contribution in [1.29, 1.82) is 0 Å². The van der Waals surface area contributed by atoms with Gasteiger partial charge in [-0.05, 0) is 43.2 Å². The first-order chi connectivity index (χ1) is 15.7. The van der Waals surface area contributed by atoms with Gasteiger partial charge in [0.2, 0.25) is 0 Å². The number of para-hydroxylation sites is 1.